The van der Waals surface area contributed by atoms with Gasteiger partial charge in [-0.2, -0.15) is 0 Å². The molecule has 3 aliphatic heterocycles. The minimum atomic E-state index is -0.982. The highest BCUT2D eigenvalue weighted by molar-refractivity contribution is 5.97. The molecule has 0 spiro atoms. The molecule has 204 valence electrons. The lowest BCUT2D eigenvalue weighted by molar-refractivity contribution is -0.938. The van der Waals surface area contributed by atoms with Gasteiger partial charge in [0.05, 0.1) is 26.2 Å². The second kappa shape index (κ2) is 11.1. The molecule has 0 N–H and O–H groups in total. The SMILES string of the molecule is CCOC(=O)c1cc(C(=O)C[N+]23CCC(CC2)C(C(=O)OC(c2cccc(F)c2)c2cccc(F)c2)C3)on1. The monoisotopic (exact) mass is 539 g/mol. The number of ketones is 1. The van der Waals surface area contributed by atoms with Crippen molar-refractivity contribution in [3.05, 3.63) is 88.8 Å². The van der Waals surface area contributed by atoms with E-state index in [1.54, 1.807) is 19.1 Å². The van der Waals surface area contributed by atoms with Gasteiger partial charge in [-0.1, -0.05) is 29.4 Å². The standard InChI is InChI=1S/C29H29F2N2O6/c1-2-37-29(36)24-15-26(39-32-24)25(34)17-33-11-9-18(10-12-33)23(16-33)28(35)38-27(19-5-3-7-21(30)13-19)20-6-4-8-22(31)14-20/h3-8,13-15,18,23,27H,2,9-12,16-17H2,1H3/q+1. The fourth-order valence-electron chi connectivity index (χ4n) is 5.74. The van der Waals surface area contributed by atoms with Crippen molar-refractivity contribution >= 4 is 17.7 Å². The van der Waals surface area contributed by atoms with E-state index >= 15 is 0 Å². The summed E-state index contributed by atoms with van der Waals surface area (Å²) in [6.07, 6.45) is 0.495. The molecule has 0 saturated carbocycles. The lowest BCUT2D eigenvalue weighted by Crippen LogP contribution is -2.64. The van der Waals surface area contributed by atoms with Crippen molar-refractivity contribution in [2.75, 3.05) is 32.8 Å². The minimum Gasteiger partial charge on any atom is -0.461 e. The zero-order chi connectivity index (χ0) is 27.6. The summed E-state index contributed by atoms with van der Waals surface area (Å²) in [7, 11) is 0. The number of esters is 2. The number of rotatable bonds is 9. The smallest absolute Gasteiger partial charge is 0.360 e. The van der Waals surface area contributed by atoms with Gasteiger partial charge in [0, 0.05) is 18.9 Å². The number of nitrogens with zero attached hydrogens (tertiary/aromatic N) is 2. The highest BCUT2D eigenvalue weighted by Crippen LogP contribution is 2.40. The van der Waals surface area contributed by atoms with Gasteiger partial charge in [0.25, 0.3) is 5.78 Å². The van der Waals surface area contributed by atoms with E-state index in [0.717, 1.165) is 25.9 Å². The first-order valence-electron chi connectivity index (χ1n) is 13.0. The summed E-state index contributed by atoms with van der Waals surface area (Å²) in [4.78, 5) is 38.5. The molecule has 1 unspecified atom stereocenters. The fraction of sp³-hybridized carbons (Fsp3) is 0.379. The first-order chi connectivity index (χ1) is 18.8. The molecule has 39 heavy (non-hydrogen) atoms. The van der Waals surface area contributed by atoms with Crippen molar-refractivity contribution in [2.45, 2.75) is 25.9 Å². The van der Waals surface area contributed by atoms with Crippen LogP contribution in [-0.4, -0.2) is 60.1 Å². The highest BCUT2D eigenvalue weighted by atomic mass is 19.1. The molecule has 3 saturated heterocycles. The van der Waals surface area contributed by atoms with E-state index in [9.17, 15) is 23.2 Å². The summed E-state index contributed by atoms with van der Waals surface area (Å²) in [5, 5.41) is 3.65. The Morgan fingerprint density at radius 2 is 1.67 bits per heavy atom. The molecule has 4 heterocycles. The van der Waals surface area contributed by atoms with E-state index in [0.29, 0.717) is 22.2 Å². The Morgan fingerprint density at radius 3 is 2.26 bits per heavy atom. The number of carbonyl (C=O) groups is 3. The molecular weight excluding hydrogens is 510 g/mol. The van der Waals surface area contributed by atoms with Crippen LogP contribution in [0.4, 0.5) is 8.78 Å². The molecule has 8 nitrogen and oxygen atoms in total. The Morgan fingerprint density at radius 1 is 1.03 bits per heavy atom. The number of halogens is 2. The van der Waals surface area contributed by atoms with Crippen LogP contribution in [0.2, 0.25) is 0 Å². The summed E-state index contributed by atoms with van der Waals surface area (Å²) in [6, 6.07) is 12.7. The Kier molecular flexibility index (Phi) is 7.56. The maximum Gasteiger partial charge on any atom is 0.360 e. The molecule has 1 atom stereocenters. The summed E-state index contributed by atoms with van der Waals surface area (Å²) < 4.78 is 44.5. The van der Waals surface area contributed by atoms with Gasteiger partial charge in [-0.15, -0.1) is 0 Å². The first-order valence-corrected chi connectivity index (χ1v) is 13.0. The normalized spacial score (nSPS) is 22.1. The molecule has 2 bridgehead atoms. The van der Waals surface area contributed by atoms with Crippen LogP contribution >= 0.6 is 0 Å². The van der Waals surface area contributed by atoms with Gasteiger partial charge in [0.2, 0.25) is 5.76 Å². The molecular formula is C29H29F2N2O6+. The van der Waals surface area contributed by atoms with Crippen LogP contribution in [0.5, 0.6) is 0 Å². The van der Waals surface area contributed by atoms with E-state index in [4.69, 9.17) is 14.0 Å². The topological polar surface area (TPSA) is 95.7 Å². The molecule has 10 heteroatoms. The Hall–Kier alpha value is -3.92. The summed E-state index contributed by atoms with van der Waals surface area (Å²) in [5.74, 6) is -2.85. The lowest BCUT2D eigenvalue weighted by atomic mass is 9.77. The quantitative estimate of drug-likeness (QED) is 0.224. The molecule has 0 aliphatic carbocycles. The van der Waals surface area contributed by atoms with Gasteiger partial charge >= 0.3 is 11.9 Å². The third-order valence-corrected chi connectivity index (χ3v) is 7.69. The van der Waals surface area contributed by atoms with Crippen molar-refractivity contribution in [2.24, 2.45) is 11.8 Å². The van der Waals surface area contributed by atoms with Crippen LogP contribution in [-0.2, 0) is 14.3 Å². The first kappa shape index (κ1) is 26.7. The molecule has 6 rings (SSSR count). The van der Waals surface area contributed by atoms with Crippen molar-refractivity contribution < 1.29 is 41.6 Å². The number of carbonyl (C=O) groups excluding carboxylic acids is 3. The maximum atomic E-state index is 14.0. The number of quaternary nitrogens is 1. The zero-order valence-corrected chi connectivity index (χ0v) is 21.5. The average molecular weight is 540 g/mol. The van der Waals surface area contributed by atoms with Crippen molar-refractivity contribution in [3.8, 4) is 0 Å². The highest BCUT2D eigenvalue weighted by Gasteiger charge is 2.50. The Labute approximate surface area is 224 Å². The van der Waals surface area contributed by atoms with Gasteiger partial charge in [0.1, 0.15) is 24.1 Å². The zero-order valence-electron chi connectivity index (χ0n) is 21.5. The number of fused-ring (bicyclic) bond motifs is 3. The van der Waals surface area contributed by atoms with Gasteiger partial charge in [-0.3, -0.25) is 9.59 Å². The van der Waals surface area contributed by atoms with E-state index in [-0.39, 0.29) is 36.3 Å². The second-order valence-electron chi connectivity index (χ2n) is 10.2. The Balaban J connectivity index is 1.33. The van der Waals surface area contributed by atoms with Crippen LogP contribution in [0.15, 0.2) is 59.1 Å². The number of benzene rings is 2. The van der Waals surface area contributed by atoms with Crippen LogP contribution in [0.3, 0.4) is 0 Å². The van der Waals surface area contributed by atoms with Gasteiger partial charge in [-0.05, 0) is 48.2 Å². The summed E-state index contributed by atoms with van der Waals surface area (Å²) in [6.45, 7) is 3.76. The third-order valence-electron chi connectivity index (χ3n) is 7.69. The second-order valence-corrected chi connectivity index (χ2v) is 10.2. The molecule has 3 aromatic rings. The van der Waals surface area contributed by atoms with Crippen LogP contribution in [0.1, 0.15) is 58.0 Å². The average Bonchev–Trinajstić information content (AvgIpc) is 3.43. The number of piperidine rings is 3. The van der Waals surface area contributed by atoms with Gasteiger partial charge in [0.15, 0.2) is 11.8 Å². The molecule has 0 radical (unpaired) electrons. The van der Waals surface area contributed by atoms with Crippen LogP contribution in [0, 0.1) is 23.5 Å². The predicted octanol–water partition coefficient (Wildman–Crippen LogP) is 4.50. The molecule has 3 aliphatic rings. The largest absolute Gasteiger partial charge is 0.461 e. The number of Topliss-reactive ketones (excluding diaryl/α,β-unsaturated/α-hetero) is 1. The van der Waals surface area contributed by atoms with E-state index < -0.39 is 35.6 Å². The number of aromatic nitrogens is 1. The summed E-state index contributed by atoms with van der Waals surface area (Å²) in [5.41, 5.74) is 0.730. The maximum absolute atomic E-state index is 14.0. The minimum absolute atomic E-state index is 0.0327. The predicted molar refractivity (Wildman–Crippen MR) is 133 cm³/mol. The molecule has 3 fully saturated rings. The number of ether oxygens (including phenoxy) is 2. The lowest BCUT2D eigenvalue weighted by Gasteiger charge is -2.51. The van der Waals surface area contributed by atoms with Crippen LogP contribution in [0.25, 0.3) is 0 Å². The van der Waals surface area contributed by atoms with Crippen molar-refractivity contribution in [1.29, 1.82) is 0 Å². The van der Waals surface area contributed by atoms with Crippen LogP contribution < -0.4 is 0 Å². The molecule has 2 aromatic carbocycles. The fourth-order valence-corrected chi connectivity index (χ4v) is 5.74. The van der Waals surface area contributed by atoms with E-state index in [1.807, 2.05) is 0 Å². The van der Waals surface area contributed by atoms with Gasteiger partial charge < -0.3 is 18.5 Å². The van der Waals surface area contributed by atoms with Crippen molar-refractivity contribution in [1.82, 2.24) is 5.16 Å². The van der Waals surface area contributed by atoms with Crippen molar-refractivity contribution in [3.63, 3.8) is 0 Å². The number of hydrogen-bond acceptors (Lipinski definition) is 7. The summed E-state index contributed by atoms with van der Waals surface area (Å²) >= 11 is 0. The van der Waals surface area contributed by atoms with E-state index in [1.165, 1.54) is 42.5 Å². The molecule has 1 aromatic heterocycles. The van der Waals surface area contributed by atoms with E-state index in [2.05, 4.69) is 5.16 Å². The third kappa shape index (κ3) is 5.75. The Bertz CT molecular complexity index is 1340. The van der Waals surface area contributed by atoms with Gasteiger partial charge in [-0.25, -0.2) is 13.6 Å². The molecule has 0 amide bonds. The number of hydrogen-bond donors (Lipinski definition) is 0.